The van der Waals surface area contributed by atoms with Crippen LogP contribution in [-0.2, 0) is 0 Å². The normalized spacial score (nSPS) is 8.53. The number of aromatic hydroxyl groups is 1. The Balaban J connectivity index is 0.000000980. The van der Waals surface area contributed by atoms with Gasteiger partial charge in [-0.25, -0.2) is 0 Å². The van der Waals surface area contributed by atoms with E-state index in [1.165, 1.54) is 5.56 Å². The lowest BCUT2D eigenvalue weighted by atomic mass is 10.1. The molecule has 0 heterocycles. The third-order valence-electron chi connectivity index (χ3n) is 1.97. The van der Waals surface area contributed by atoms with E-state index in [9.17, 15) is 0 Å². The van der Waals surface area contributed by atoms with Gasteiger partial charge in [-0.3, -0.25) is 0 Å². The Labute approximate surface area is 106 Å². The van der Waals surface area contributed by atoms with Gasteiger partial charge >= 0.3 is 0 Å². The molecule has 2 rings (SSSR count). The summed E-state index contributed by atoms with van der Waals surface area (Å²) in [5.41, 5.74) is 2.29. The Morgan fingerprint density at radius 3 is 1.67 bits per heavy atom. The van der Waals surface area contributed by atoms with Crippen LogP contribution in [0.2, 0.25) is 0 Å². The first-order valence-electron chi connectivity index (χ1n) is 4.21. The van der Waals surface area contributed by atoms with Crippen molar-refractivity contribution in [1.82, 2.24) is 0 Å². The molecule has 2 aromatic rings. The molecule has 15 heavy (non-hydrogen) atoms. The summed E-state index contributed by atoms with van der Waals surface area (Å²) in [5.74, 6) is 0.305. The molecule has 0 aromatic heterocycles. The van der Waals surface area contributed by atoms with Crippen molar-refractivity contribution in [2.75, 3.05) is 0 Å². The number of phenols is 1. The summed E-state index contributed by atoms with van der Waals surface area (Å²) >= 11 is 0. The molecule has 0 spiro atoms. The lowest BCUT2D eigenvalue weighted by Crippen LogP contribution is -1.74. The minimum absolute atomic E-state index is 0. The lowest BCUT2D eigenvalue weighted by molar-refractivity contribution is 0.475. The Hall–Kier alpha value is -0.938. The fourth-order valence-electron chi connectivity index (χ4n) is 1.28. The fourth-order valence-corrected chi connectivity index (χ4v) is 1.28. The summed E-state index contributed by atoms with van der Waals surface area (Å²) in [7, 11) is 0. The van der Waals surface area contributed by atoms with E-state index in [1.807, 2.05) is 42.5 Å². The maximum atomic E-state index is 9.10. The average Bonchev–Trinajstić information content (AvgIpc) is 2.20. The molecule has 0 radical (unpaired) electrons. The van der Waals surface area contributed by atoms with Gasteiger partial charge in [0, 0.05) is 0 Å². The molecule has 0 saturated carbocycles. The summed E-state index contributed by atoms with van der Waals surface area (Å²) in [4.78, 5) is 0. The van der Waals surface area contributed by atoms with Crippen molar-refractivity contribution in [1.29, 1.82) is 0 Å². The number of benzene rings is 2. The van der Waals surface area contributed by atoms with Crippen LogP contribution >= 0.6 is 12.4 Å². The Morgan fingerprint density at radius 2 is 1.13 bits per heavy atom. The van der Waals surface area contributed by atoms with E-state index in [1.54, 1.807) is 12.1 Å². The quantitative estimate of drug-likeness (QED) is 0.754. The first-order valence-corrected chi connectivity index (χ1v) is 4.21. The molecule has 0 bridgehead atoms. The number of hydrogen-bond acceptors (Lipinski definition) is 1. The molecule has 3 heteroatoms. The van der Waals surface area contributed by atoms with Gasteiger partial charge in [0.05, 0.1) is 0 Å². The van der Waals surface area contributed by atoms with Crippen molar-refractivity contribution in [3.05, 3.63) is 54.6 Å². The molecular formula is C12H14AlClO. The predicted octanol–water partition coefficient (Wildman–Crippen LogP) is 2.30. The van der Waals surface area contributed by atoms with Gasteiger partial charge in [-0.15, -0.1) is 12.4 Å². The average molecular weight is 237 g/mol. The van der Waals surface area contributed by atoms with E-state index in [0.29, 0.717) is 5.75 Å². The van der Waals surface area contributed by atoms with Crippen LogP contribution in [0, 0.1) is 0 Å². The number of halogens is 1. The maximum absolute atomic E-state index is 9.10. The van der Waals surface area contributed by atoms with Crippen LogP contribution in [0.5, 0.6) is 5.75 Å². The summed E-state index contributed by atoms with van der Waals surface area (Å²) in [5, 5.41) is 9.10. The van der Waals surface area contributed by atoms with Gasteiger partial charge in [0.15, 0.2) is 17.4 Å². The van der Waals surface area contributed by atoms with E-state index >= 15 is 0 Å². The van der Waals surface area contributed by atoms with E-state index in [2.05, 4.69) is 0 Å². The van der Waals surface area contributed by atoms with Crippen LogP contribution < -0.4 is 0 Å². The molecule has 1 nitrogen and oxygen atoms in total. The van der Waals surface area contributed by atoms with Crippen LogP contribution in [0.4, 0.5) is 0 Å². The smallest absolute Gasteiger partial charge is 0.187 e. The highest BCUT2D eigenvalue weighted by Gasteiger charge is 1.94. The molecule has 0 fully saturated rings. The summed E-state index contributed by atoms with van der Waals surface area (Å²) in [6.07, 6.45) is 0. The highest BCUT2D eigenvalue weighted by Crippen LogP contribution is 2.20. The van der Waals surface area contributed by atoms with E-state index in [0.717, 1.165) is 5.56 Å². The van der Waals surface area contributed by atoms with Crippen molar-refractivity contribution in [2.45, 2.75) is 0 Å². The van der Waals surface area contributed by atoms with Crippen molar-refractivity contribution < 1.29 is 5.11 Å². The van der Waals surface area contributed by atoms with Gasteiger partial charge in [-0.2, -0.15) is 0 Å². The monoisotopic (exact) mass is 236 g/mol. The molecule has 0 aliphatic rings. The van der Waals surface area contributed by atoms with Crippen molar-refractivity contribution in [3.63, 3.8) is 0 Å². The molecule has 0 amide bonds. The molecule has 1 N–H and O–H groups in total. The van der Waals surface area contributed by atoms with Gasteiger partial charge < -0.3 is 5.11 Å². The minimum atomic E-state index is 0. The lowest BCUT2D eigenvalue weighted by Gasteiger charge is -2.00. The summed E-state index contributed by atoms with van der Waals surface area (Å²) in [6, 6.07) is 17.3. The maximum Gasteiger partial charge on any atom is 0.187 e. The minimum Gasteiger partial charge on any atom is -0.508 e. The zero-order valence-electron chi connectivity index (χ0n) is 7.55. The van der Waals surface area contributed by atoms with Gasteiger partial charge in [0.2, 0.25) is 0 Å². The van der Waals surface area contributed by atoms with Crippen molar-refractivity contribution in [3.8, 4) is 16.9 Å². The second-order valence-corrected chi connectivity index (χ2v) is 2.91. The second kappa shape index (κ2) is 6.53. The van der Waals surface area contributed by atoms with E-state index in [4.69, 9.17) is 5.11 Å². The second-order valence-electron chi connectivity index (χ2n) is 2.91. The van der Waals surface area contributed by atoms with Gasteiger partial charge in [-0.05, 0) is 23.3 Å². The molecule has 0 aliphatic carbocycles. The number of phenolic OH excluding ortho intramolecular Hbond substituents is 1. The van der Waals surface area contributed by atoms with E-state index in [-0.39, 0.29) is 29.8 Å². The van der Waals surface area contributed by atoms with E-state index < -0.39 is 0 Å². The van der Waals surface area contributed by atoms with Gasteiger partial charge in [0.1, 0.15) is 5.75 Å². The number of hydrogen-bond donors (Lipinski definition) is 1. The Bertz CT molecular complexity index is 386. The Morgan fingerprint density at radius 1 is 0.667 bits per heavy atom. The molecule has 78 valence electrons. The predicted molar refractivity (Wildman–Crippen MR) is 70.7 cm³/mol. The Kier molecular flexibility index (Phi) is 6.12. The van der Waals surface area contributed by atoms with Gasteiger partial charge in [-0.1, -0.05) is 42.5 Å². The molecule has 0 atom stereocenters. The van der Waals surface area contributed by atoms with Gasteiger partial charge in [0.25, 0.3) is 0 Å². The topological polar surface area (TPSA) is 20.2 Å². The van der Waals surface area contributed by atoms with Crippen LogP contribution in [0.15, 0.2) is 54.6 Å². The van der Waals surface area contributed by atoms with Crippen LogP contribution in [-0.4, -0.2) is 22.5 Å². The first kappa shape index (κ1) is 14.1. The molecule has 0 saturated heterocycles. The van der Waals surface area contributed by atoms with Crippen LogP contribution in [0.3, 0.4) is 0 Å². The van der Waals surface area contributed by atoms with Crippen LogP contribution in [0.25, 0.3) is 11.1 Å². The third-order valence-corrected chi connectivity index (χ3v) is 1.97. The standard InChI is InChI=1S/C12H10O.Al.ClH.3H/c13-12-8-6-11(7-9-12)10-4-2-1-3-5-10;;;;;/h1-9,13H;;1H;;;. The third kappa shape index (κ3) is 3.60. The summed E-state index contributed by atoms with van der Waals surface area (Å²) < 4.78 is 0. The molecule has 0 aliphatic heterocycles. The largest absolute Gasteiger partial charge is 0.508 e. The van der Waals surface area contributed by atoms with Crippen LogP contribution in [0.1, 0.15) is 0 Å². The number of rotatable bonds is 1. The van der Waals surface area contributed by atoms with Crippen molar-refractivity contribution >= 4 is 29.8 Å². The molecular weight excluding hydrogens is 223 g/mol. The zero-order chi connectivity index (χ0) is 9.10. The molecule has 0 unspecified atom stereocenters. The first-order chi connectivity index (χ1) is 6.36. The van der Waals surface area contributed by atoms with Crippen molar-refractivity contribution in [2.24, 2.45) is 0 Å². The summed E-state index contributed by atoms with van der Waals surface area (Å²) in [6.45, 7) is 0. The molecule has 2 aromatic carbocycles. The SMILES string of the molecule is Cl.Oc1ccc(-c2ccccc2)cc1.[AlH3]. The highest BCUT2D eigenvalue weighted by molar-refractivity contribution is 5.85. The highest BCUT2D eigenvalue weighted by atomic mass is 35.5. The fraction of sp³-hybridized carbons (Fsp3) is 0. The zero-order valence-corrected chi connectivity index (χ0v) is 8.37.